The van der Waals surface area contributed by atoms with Crippen LogP contribution in [0, 0.1) is 6.92 Å². The quantitative estimate of drug-likeness (QED) is 0.758. The van der Waals surface area contributed by atoms with Crippen LogP contribution in [-0.4, -0.2) is 64.6 Å². The minimum atomic E-state index is -0.862. The number of imide groups is 1. The summed E-state index contributed by atoms with van der Waals surface area (Å²) in [5, 5.41) is 8.26. The Morgan fingerprint density at radius 2 is 2.03 bits per heavy atom. The van der Waals surface area contributed by atoms with E-state index < -0.39 is 23.8 Å². The van der Waals surface area contributed by atoms with Gasteiger partial charge in [-0.3, -0.25) is 4.79 Å². The molecule has 0 radical (unpaired) electrons. The SMILES string of the molecule is Cc1nn(C2CCCCO2)c2cc(N(C)C(=O)[C@@H]3CN(C(=O)OC(C)(C)C)C(=O)N3)ccc12. The van der Waals surface area contributed by atoms with Crippen molar-refractivity contribution in [2.24, 2.45) is 0 Å². The van der Waals surface area contributed by atoms with E-state index in [0.29, 0.717) is 12.3 Å². The van der Waals surface area contributed by atoms with Crippen molar-refractivity contribution in [3.8, 4) is 0 Å². The topological polar surface area (TPSA) is 106 Å². The average molecular weight is 458 g/mol. The smallest absolute Gasteiger partial charge is 0.418 e. The molecule has 1 N–H and O–H groups in total. The zero-order valence-electron chi connectivity index (χ0n) is 19.8. The fourth-order valence-corrected chi connectivity index (χ4v) is 4.14. The first-order valence-electron chi connectivity index (χ1n) is 11.2. The first-order chi connectivity index (χ1) is 15.5. The third kappa shape index (κ3) is 4.66. The summed E-state index contributed by atoms with van der Waals surface area (Å²) in [5.74, 6) is -0.328. The van der Waals surface area contributed by atoms with Gasteiger partial charge in [0.2, 0.25) is 0 Å². The highest BCUT2D eigenvalue weighted by atomic mass is 16.6. The highest BCUT2D eigenvalue weighted by Gasteiger charge is 2.40. The lowest BCUT2D eigenvalue weighted by molar-refractivity contribution is -0.119. The molecule has 0 aliphatic carbocycles. The molecule has 2 atom stereocenters. The van der Waals surface area contributed by atoms with Crippen LogP contribution < -0.4 is 10.2 Å². The van der Waals surface area contributed by atoms with Gasteiger partial charge >= 0.3 is 12.1 Å². The van der Waals surface area contributed by atoms with Gasteiger partial charge < -0.3 is 19.7 Å². The number of likely N-dealkylation sites (N-methyl/N-ethyl adjacent to an activating group) is 1. The standard InChI is InChI=1S/C23H31N5O5/c1-14-16-10-9-15(12-18(16)28(25-14)19-8-6-7-11-32-19)26(5)20(29)17-13-27(21(30)24-17)22(31)33-23(2,3)4/h9-10,12,17,19H,6-8,11,13H2,1-5H3,(H,24,30)/t17-,19?/m0/s1. The summed E-state index contributed by atoms with van der Waals surface area (Å²) in [5.41, 5.74) is 1.71. The monoisotopic (exact) mass is 457 g/mol. The van der Waals surface area contributed by atoms with E-state index in [-0.39, 0.29) is 18.7 Å². The maximum atomic E-state index is 13.2. The first kappa shape index (κ1) is 23.0. The van der Waals surface area contributed by atoms with Crippen LogP contribution in [0.3, 0.4) is 0 Å². The number of aromatic nitrogens is 2. The summed E-state index contributed by atoms with van der Waals surface area (Å²) in [6.45, 7) is 7.73. The number of carbonyl (C=O) groups is 3. The van der Waals surface area contributed by atoms with Crippen molar-refractivity contribution >= 4 is 34.6 Å². The largest absolute Gasteiger partial charge is 0.443 e. The molecule has 2 aliphatic rings. The van der Waals surface area contributed by atoms with E-state index in [1.54, 1.807) is 27.8 Å². The number of benzene rings is 1. The van der Waals surface area contributed by atoms with Gasteiger partial charge in [-0.25, -0.2) is 19.2 Å². The van der Waals surface area contributed by atoms with Crippen LogP contribution in [0.4, 0.5) is 15.3 Å². The van der Waals surface area contributed by atoms with Crippen molar-refractivity contribution in [2.45, 2.75) is 64.8 Å². The van der Waals surface area contributed by atoms with Crippen LogP contribution in [0.5, 0.6) is 0 Å². The average Bonchev–Trinajstić information content (AvgIpc) is 3.32. The van der Waals surface area contributed by atoms with E-state index in [9.17, 15) is 14.4 Å². The fourth-order valence-electron chi connectivity index (χ4n) is 4.14. The summed E-state index contributed by atoms with van der Waals surface area (Å²) in [4.78, 5) is 40.2. The number of hydrogen-bond donors (Lipinski definition) is 1. The number of aryl methyl sites for hydroxylation is 1. The normalized spacial score (nSPS) is 21.2. The van der Waals surface area contributed by atoms with Gasteiger partial charge in [0.25, 0.3) is 5.91 Å². The predicted octanol–water partition coefficient (Wildman–Crippen LogP) is 3.34. The van der Waals surface area contributed by atoms with E-state index in [1.807, 2.05) is 29.8 Å². The first-order valence-corrected chi connectivity index (χ1v) is 11.2. The molecule has 1 unspecified atom stereocenters. The minimum Gasteiger partial charge on any atom is -0.443 e. The molecule has 3 heterocycles. The Labute approximate surface area is 192 Å². The van der Waals surface area contributed by atoms with Crippen LogP contribution in [0.2, 0.25) is 0 Å². The summed E-state index contributed by atoms with van der Waals surface area (Å²) in [7, 11) is 1.65. The Hall–Kier alpha value is -3.14. The van der Waals surface area contributed by atoms with Crippen molar-refractivity contribution in [2.75, 3.05) is 25.1 Å². The number of anilines is 1. The lowest BCUT2D eigenvalue weighted by Crippen LogP contribution is -2.44. The Kier molecular flexibility index (Phi) is 6.04. The molecular weight excluding hydrogens is 426 g/mol. The van der Waals surface area contributed by atoms with Crippen LogP contribution in [-0.2, 0) is 14.3 Å². The summed E-state index contributed by atoms with van der Waals surface area (Å²) >= 11 is 0. The van der Waals surface area contributed by atoms with Crippen molar-refractivity contribution in [3.63, 3.8) is 0 Å². The van der Waals surface area contributed by atoms with Gasteiger partial charge in [0, 0.05) is 24.7 Å². The molecule has 2 aromatic rings. The fraction of sp³-hybridized carbons (Fsp3) is 0.565. The van der Waals surface area contributed by atoms with E-state index >= 15 is 0 Å². The maximum Gasteiger partial charge on any atom is 0.418 e. The van der Waals surface area contributed by atoms with Gasteiger partial charge in [0.05, 0.1) is 17.8 Å². The number of urea groups is 1. The summed E-state index contributed by atoms with van der Waals surface area (Å²) < 4.78 is 13.1. The number of rotatable bonds is 3. The van der Waals surface area contributed by atoms with E-state index in [2.05, 4.69) is 10.4 Å². The Morgan fingerprint density at radius 1 is 1.27 bits per heavy atom. The van der Waals surface area contributed by atoms with Crippen LogP contribution in [0.15, 0.2) is 18.2 Å². The minimum absolute atomic E-state index is 0.0912. The lowest BCUT2D eigenvalue weighted by atomic mass is 10.1. The molecule has 10 nitrogen and oxygen atoms in total. The maximum absolute atomic E-state index is 13.2. The molecule has 178 valence electrons. The molecule has 0 bridgehead atoms. The second kappa shape index (κ2) is 8.66. The molecule has 2 saturated heterocycles. The van der Waals surface area contributed by atoms with Crippen molar-refractivity contribution < 1.29 is 23.9 Å². The highest BCUT2D eigenvalue weighted by Crippen LogP contribution is 2.30. The van der Waals surface area contributed by atoms with Crippen molar-refractivity contribution in [1.29, 1.82) is 0 Å². The number of nitrogens with one attached hydrogen (secondary N) is 1. The van der Waals surface area contributed by atoms with Crippen LogP contribution in [0.1, 0.15) is 52.0 Å². The Balaban J connectivity index is 1.53. The second-order valence-electron chi connectivity index (χ2n) is 9.54. The third-order valence-corrected chi connectivity index (χ3v) is 5.84. The molecular formula is C23H31N5O5. The molecule has 4 amide bonds. The predicted molar refractivity (Wildman–Crippen MR) is 122 cm³/mol. The van der Waals surface area contributed by atoms with Crippen molar-refractivity contribution in [3.05, 3.63) is 23.9 Å². The zero-order chi connectivity index (χ0) is 23.9. The molecule has 1 aromatic carbocycles. The Morgan fingerprint density at radius 3 is 2.70 bits per heavy atom. The molecule has 0 saturated carbocycles. The molecule has 1 aromatic heterocycles. The van der Waals surface area contributed by atoms with E-state index in [0.717, 1.165) is 40.8 Å². The summed E-state index contributed by atoms with van der Waals surface area (Å²) in [6.07, 6.45) is 2.13. The molecule has 4 rings (SSSR count). The third-order valence-electron chi connectivity index (χ3n) is 5.84. The molecule has 0 spiro atoms. The number of carbonyl (C=O) groups excluding carboxylic acids is 3. The number of amides is 4. The highest BCUT2D eigenvalue weighted by molar-refractivity contribution is 6.04. The Bertz CT molecular complexity index is 1080. The van der Waals surface area contributed by atoms with Gasteiger partial charge in [0.15, 0.2) is 6.23 Å². The van der Waals surface area contributed by atoms with Gasteiger partial charge in [-0.1, -0.05) is 0 Å². The van der Waals surface area contributed by atoms with E-state index in [1.165, 1.54) is 4.90 Å². The van der Waals surface area contributed by atoms with Crippen LogP contribution >= 0.6 is 0 Å². The zero-order valence-corrected chi connectivity index (χ0v) is 19.8. The van der Waals surface area contributed by atoms with Crippen LogP contribution in [0.25, 0.3) is 10.9 Å². The van der Waals surface area contributed by atoms with Gasteiger partial charge in [0.1, 0.15) is 11.6 Å². The van der Waals surface area contributed by atoms with Crippen molar-refractivity contribution in [1.82, 2.24) is 20.0 Å². The second-order valence-corrected chi connectivity index (χ2v) is 9.54. The molecule has 10 heteroatoms. The number of nitrogens with zero attached hydrogens (tertiary/aromatic N) is 4. The number of ether oxygens (including phenoxy) is 2. The van der Waals surface area contributed by atoms with Gasteiger partial charge in [-0.05, 0) is 65.2 Å². The summed E-state index contributed by atoms with van der Waals surface area (Å²) in [6, 6.07) is 4.20. The number of fused-ring (bicyclic) bond motifs is 1. The molecule has 2 fully saturated rings. The number of hydrogen-bond acceptors (Lipinski definition) is 6. The van der Waals surface area contributed by atoms with Gasteiger partial charge in [-0.15, -0.1) is 0 Å². The van der Waals surface area contributed by atoms with Gasteiger partial charge in [-0.2, -0.15) is 5.10 Å². The molecule has 33 heavy (non-hydrogen) atoms. The van der Waals surface area contributed by atoms with E-state index in [4.69, 9.17) is 9.47 Å². The molecule has 2 aliphatic heterocycles. The lowest BCUT2D eigenvalue weighted by Gasteiger charge is -2.24.